The second kappa shape index (κ2) is 7.28. The molecular formula is C22H26FN3O3. The molecule has 0 atom stereocenters. The average Bonchev–Trinajstić information content (AvgIpc) is 2.97. The van der Waals surface area contributed by atoms with E-state index in [1.165, 1.54) is 17.7 Å². The van der Waals surface area contributed by atoms with Gasteiger partial charge >= 0.3 is 5.97 Å². The molecule has 7 heteroatoms. The summed E-state index contributed by atoms with van der Waals surface area (Å²) in [7, 11) is 0. The molecule has 1 saturated carbocycles. The molecule has 1 aromatic carbocycles. The minimum absolute atomic E-state index is 0.0836. The minimum Gasteiger partial charge on any atom is -0.481 e. The van der Waals surface area contributed by atoms with Crippen molar-refractivity contribution in [1.29, 1.82) is 0 Å². The van der Waals surface area contributed by atoms with Crippen LogP contribution in [-0.2, 0) is 29.1 Å². The predicted octanol–water partition coefficient (Wildman–Crippen LogP) is 3.15. The number of halogens is 1. The van der Waals surface area contributed by atoms with Crippen molar-refractivity contribution in [2.75, 3.05) is 6.54 Å². The number of nitrogens with zero attached hydrogens (tertiary/aromatic N) is 3. The maximum atomic E-state index is 13.2. The molecule has 1 fully saturated rings. The van der Waals surface area contributed by atoms with Crippen molar-refractivity contribution in [3.05, 3.63) is 52.6 Å². The third kappa shape index (κ3) is 3.78. The fraction of sp³-hybridized carbons (Fsp3) is 0.500. The highest BCUT2D eigenvalue weighted by Gasteiger charge is 2.47. The molecule has 154 valence electrons. The second-order valence-electron chi connectivity index (χ2n) is 8.70. The molecule has 29 heavy (non-hydrogen) atoms. The van der Waals surface area contributed by atoms with Crippen LogP contribution in [0.4, 0.5) is 4.39 Å². The number of carbonyl (C=O) groups is 2. The first-order chi connectivity index (χ1) is 13.7. The third-order valence-corrected chi connectivity index (χ3v) is 6.40. The quantitative estimate of drug-likeness (QED) is 0.838. The van der Waals surface area contributed by atoms with E-state index < -0.39 is 11.4 Å². The fourth-order valence-electron chi connectivity index (χ4n) is 4.69. The van der Waals surface area contributed by atoms with E-state index in [9.17, 15) is 19.1 Å². The molecule has 1 N–H and O–H groups in total. The van der Waals surface area contributed by atoms with E-state index in [2.05, 4.69) is 5.10 Å². The number of hydrogen-bond acceptors (Lipinski definition) is 3. The van der Waals surface area contributed by atoms with Crippen molar-refractivity contribution in [3.63, 3.8) is 0 Å². The molecule has 2 heterocycles. The molecule has 0 radical (unpaired) electrons. The van der Waals surface area contributed by atoms with Gasteiger partial charge in [-0.05, 0) is 62.3 Å². The van der Waals surface area contributed by atoms with E-state index in [0.717, 1.165) is 23.4 Å². The molecule has 0 spiro atoms. The Bertz CT molecular complexity index is 945. The molecule has 6 nitrogen and oxygen atoms in total. The summed E-state index contributed by atoms with van der Waals surface area (Å²) < 4.78 is 15.1. The minimum atomic E-state index is -0.774. The Hall–Kier alpha value is -2.70. The number of rotatable bonds is 5. The summed E-state index contributed by atoms with van der Waals surface area (Å²) in [6, 6.07) is 6.38. The lowest BCUT2D eigenvalue weighted by Crippen LogP contribution is -2.44. The first-order valence-electron chi connectivity index (χ1n) is 10.1. The molecule has 0 bridgehead atoms. The molecule has 2 aliphatic rings. The monoisotopic (exact) mass is 399 g/mol. The summed E-state index contributed by atoms with van der Waals surface area (Å²) in [4.78, 5) is 25.9. The summed E-state index contributed by atoms with van der Waals surface area (Å²) in [5.41, 5.74) is 3.49. The zero-order valence-corrected chi connectivity index (χ0v) is 16.8. The Labute approximate surface area is 169 Å². The van der Waals surface area contributed by atoms with Crippen LogP contribution in [0.3, 0.4) is 0 Å². The second-order valence-corrected chi connectivity index (χ2v) is 8.70. The maximum absolute atomic E-state index is 13.2. The van der Waals surface area contributed by atoms with E-state index in [0.29, 0.717) is 38.9 Å². The Morgan fingerprint density at radius 2 is 1.97 bits per heavy atom. The van der Waals surface area contributed by atoms with Crippen LogP contribution in [0.25, 0.3) is 0 Å². The van der Waals surface area contributed by atoms with Crippen molar-refractivity contribution in [3.8, 4) is 0 Å². The van der Waals surface area contributed by atoms with Gasteiger partial charge in [0.2, 0.25) is 5.91 Å². The molecule has 1 aliphatic carbocycles. The van der Waals surface area contributed by atoms with Gasteiger partial charge in [0.05, 0.1) is 29.9 Å². The fourth-order valence-corrected chi connectivity index (χ4v) is 4.69. The lowest BCUT2D eigenvalue weighted by atomic mass is 9.62. The van der Waals surface area contributed by atoms with Gasteiger partial charge in [-0.3, -0.25) is 14.3 Å². The van der Waals surface area contributed by atoms with Crippen LogP contribution in [-0.4, -0.2) is 38.2 Å². The zero-order valence-electron chi connectivity index (χ0n) is 16.8. The van der Waals surface area contributed by atoms with Crippen LogP contribution in [0.5, 0.6) is 0 Å². The molecule has 0 unspecified atom stereocenters. The van der Waals surface area contributed by atoms with E-state index >= 15 is 0 Å². The summed E-state index contributed by atoms with van der Waals surface area (Å²) >= 11 is 0. The lowest BCUT2D eigenvalue weighted by molar-refractivity contribution is -0.158. The van der Waals surface area contributed by atoms with Gasteiger partial charge in [0, 0.05) is 13.0 Å². The molecule has 2 aromatic rings. The van der Waals surface area contributed by atoms with Crippen LogP contribution < -0.4 is 0 Å². The highest BCUT2D eigenvalue weighted by atomic mass is 19.1. The van der Waals surface area contributed by atoms with Crippen LogP contribution in [0.15, 0.2) is 24.3 Å². The third-order valence-electron chi connectivity index (χ3n) is 6.40. The number of carboxylic acids is 1. The van der Waals surface area contributed by atoms with E-state index in [4.69, 9.17) is 0 Å². The predicted molar refractivity (Wildman–Crippen MR) is 105 cm³/mol. The van der Waals surface area contributed by atoms with E-state index in [1.807, 2.05) is 16.5 Å². The summed E-state index contributed by atoms with van der Waals surface area (Å²) in [6.45, 7) is 5.45. The molecule has 1 amide bonds. The largest absolute Gasteiger partial charge is 0.481 e. The standard InChI is InChI=1S/C22H26FN3O3/c1-14-18-7-8-25(20(27)9-16-10-22(2,11-16)21(28)29)13-19(18)26(24-14)12-15-3-5-17(23)6-4-15/h3-6,16H,7-13H2,1-2H3,(H,28,29). The van der Waals surface area contributed by atoms with Crippen LogP contribution in [0, 0.1) is 24.1 Å². The number of carbonyl (C=O) groups excluding carboxylic acids is 1. The van der Waals surface area contributed by atoms with Gasteiger partial charge in [0.15, 0.2) is 0 Å². The van der Waals surface area contributed by atoms with Crippen molar-refractivity contribution in [2.24, 2.45) is 11.3 Å². The van der Waals surface area contributed by atoms with Gasteiger partial charge in [-0.2, -0.15) is 5.10 Å². The van der Waals surface area contributed by atoms with Crippen molar-refractivity contribution < 1.29 is 19.1 Å². The van der Waals surface area contributed by atoms with Crippen LogP contribution in [0.1, 0.15) is 48.7 Å². The normalized spacial score (nSPS) is 23.4. The van der Waals surface area contributed by atoms with Gasteiger partial charge in [0.25, 0.3) is 0 Å². The molecule has 0 saturated heterocycles. The molecule has 1 aromatic heterocycles. The topological polar surface area (TPSA) is 75.4 Å². The number of hydrogen-bond donors (Lipinski definition) is 1. The number of aliphatic carboxylic acids is 1. The smallest absolute Gasteiger partial charge is 0.309 e. The van der Waals surface area contributed by atoms with Crippen molar-refractivity contribution >= 4 is 11.9 Å². The Kier molecular flexibility index (Phi) is 4.92. The zero-order chi connectivity index (χ0) is 20.8. The number of aromatic nitrogens is 2. The van der Waals surface area contributed by atoms with Gasteiger partial charge < -0.3 is 10.0 Å². The van der Waals surface area contributed by atoms with E-state index in [-0.39, 0.29) is 17.6 Å². The van der Waals surface area contributed by atoms with Crippen LogP contribution in [0.2, 0.25) is 0 Å². The van der Waals surface area contributed by atoms with Gasteiger partial charge in [-0.15, -0.1) is 0 Å². The molecule has 4 rings (SSSR count). The lowest BCUT2D eigenvalue weighted by Gasteiger charge is -2.42. The number of fused-ring (bicyclic) bond motifs is 1. The van der Waals surface area contributed by atoms with Gasteiger partial charge in [-0.25, -0.2) is 4.39 Å². The maximum Gasteiger partial charge on any atom is 0.309 e. The van der Waals surface area contributed by atoms with Crippen LogP contribution >= 0.6 is 0 Å². The van der Waals surface area contributed by atoms with Gasteiger partial charge in [0.1, 0.15) is 5.82 Å². The Morgan fingerprint density at radius 1 is 1.28 bits per heavy atom. The first kappa shape index (κ1) is 19.6. The summed E-state index contributed by atoms with van der Waals surface area (Å²) in [5.74, 6) is -0.806. The molecule has 1 aliphatic heterocycles. The first-order valence-corrected chi connectivity index (χ1v) is 10.1. The Balaban J connectivity index is 1.43. The summed E-state index contributed by atoms with van der Waals surface area (Å²) in [5, 5.41) is 13.9. The highest BCUT2D eigenvalue weighted by Crippen LogP contribution is 2.47. The number of carboxylic acid groups (broad SMARTS) is 1. The average molecular weight is 399 g/mol. The van der Waals surface area contributed by atoms with Crippen molar-refractivity contribution in [2.45, 2.75) is 52.6 Å². The van der Waals surface area contributed by atoms with E-state index in [1.54, 1.807) is 19.1 Å². The number of benzene rings is 1. The van der Waals surface area contributed by atoms with Gasteiger partial charge in [-0.1, -0.05) is 12.1 Å². The van der Waals surface area contributed by atoms with Crippen molar-refractivity contribution in [1.82, 2.24) is 14.7 Å². The highest BCUT2D eigenvalue weighted by molar-refractivity contribution is 5.79. The number of aryl methyl sites for hydroxylation is 1. The molecular weight excluding hydrogens is 373 g/mol. The Morgan fingerprint density at radius 3 is 2.62 bits per heavy atom. The SMILES string of the molecule is Cc1nn(Cc2ccc(F)cc2)c2c1CCN(C(=O)CC1CC(C)(C(=O)O)C1)C2. The number of amides is 1. The summed E-state index contributed by atoms with van der Waals surface area (Å²) in [6.07, 6.45) is 2.31.